The lowest BCUT2D eigenvalue weighted by molar-refractivity contribution is -0.161. The molecule has 0 amide bonds. The maximum absolute atomic E-state index is 12.5. The van der Waals surface area contributed by atoms with Gasteiger partial charge in [-0.2, -0.15) is 0 Å². The van der Waals surface area contributed by atoms with Gasteiger partial charge in [-0.05, 0) is 50.0 Å². The number of esters is 2. The highest BCUT2D eigenvalue weighted by atomic mass is 31.2. The van der Waals surface area contributed by atoms with Crippen LogP contribution in [0.5, 0.6) is 0 Å². The fraction of sp³-hybridized carbons (Fsp3) is 0.800. The number of aliphatic hydroxyl groups is 1. The molecular formula is C45H79O10P. The average molecular weight is 811 g/mol. The van der Waals surface area contributed by atoms with Crippen molar-refractivity contribution >= 4 is 25.5 Å². The zero-order valence-corrected chi connectivity index (χ0v) is 36.2. The summed E-state index contributed by atoms with van der Waals surface area (Å²) in [7, 11) is -4.81. The molecule has 56 heavy (non-hydrogen) atoms. The van der Waals surface area contributed by atoms with Gasteiger partial charge in [0.25, 0.3) is 0 Å². The van der Waals surface area contributed by atoms with E-state index in [-0.39, 0.29) is 37.1 Å². The van der Waals surface area contributed by atoms with Gasteiger partial charge in [0.05, 0.1) is 12.7 Å². The molecule has 0 saturated carbocycles. The third-order valence-electron chi connectivity index (χ3n) is 10.3. The number of ketones is 1. The number of hydrogen-bond acceptors (Lipinski definition) is 8. The summed E-state index contributed by atoms with van der Waals surface area (Å²) in [4.78, 5) is 55.4. The van der Waals surface area contributed by atoms with E-state index in [1.165, 1.54) is 83.5 Å². The summed E-state index contributed by atoms with van der Waals surface area (Å²) in [5, 5.41) is 10.2. The Morgan fingerprint density at radius 3 is 1.88 bits per heavy atom. The van der Waals surface area contributed by atoms with Gasteiger partial charge in [-0.3, -0.25) is 18.9 Å². The predicted molar refractivity (Wildman–Crippen MR) is 225 cm³/mol. The third-order valence-corrected chi connectivity index (χ3v) is 10.8. The van der Waals surface area contributed by atoms with Crippen LogP contribution < -0.4 is 0 Å². The van der Waals surface area contributed by atoms with Gasteiger partial charge in [-0.25, -0.2) is 4.57 Å². The molecule has 324 valence electrons. The number of phosphoric ester groups is 1. The second-order valence-corrected chi connectivity index (χ2v) is 17.4. The molecule has 0 aromatic rings. The highest BCUT2D eigenvalue weighted by Crippen LogP contribution is 2.36. The molecular weight excluding hydrogens is 731 g/mol. The van der Waals surface area contributed by atoms with Gasteiger partial charge >= 0.3 is 19.8 Å². The number of allylic oxidation sites excluding steroid dienone is 5. The fourth-order valence-corrected chi connectivity index (χ4v) is 7.26. The minimum atomic E-state index is -4.81. The van der Waals surface area contributed by atoms with Crippen LogP contribution in [0.15, 0.2) is 36.5 Å². The van der Waals surface area contributed by atoms with E-state index in [1.54, 1.807) is 12.2 Å². The number of unbranched alkanes of at least 4 members (excludes halogenated alkanes) is 18. The molecule has 1 rings (SSSR count). The first-order valence-electron chi connectivity index (χ1n) is 22.2. The monoisotopic (exact) mass is 811 g/mol. The van der Waals surface area contributed by atoms with E-state index in [9.17, 15) is 24.1 Å². The Morgan fingerprint density at radius 1 is 0.750 bits per heavy atom. The van der Waals surface area contributed by atoms with E-state index in [1.807, 2.05) is 24.3 Å². The Kier molecular flexibility index (Phi) is 31.4. The van der Waals surface area contributed by atoms with E-state index < -0.39 is 38.6 Å². The van der Waals surface area contributed by atoms with Crippen molar-refractivity contribution in [2.75, 3.05) is 13.2 Å². The molecule has 0 bridgehead atoms. The lowest BCUT2D eigenvalue weighted by Gasteiger charge is -2.18. The number of carbonyl (C=O) groups is 3. The van der Waals surface area contributed by atoms with Crippen molar-refractivity contribution in [1.82, 2.24) is 0 Å². The molecule has 0 aromatic heterocycles. The molecule has 1 aliphatic carbocycles. The molecule has 0 fully saturated rings. The molecule has 0 aromatic carbocycles. The molecule has 0 heterocycles. The SMILES string of the molecule is CCCCC[C@H](O)/C=C/[C@H]1C(=O)C=C[C@@H]1C/C=C\CCCC(=O)O[C@H](COC(=O)CCCCCCCCCCCCCCCCCCC(C)C)COP(=O)(O)O. The summed E-state index contributed by atoms with van der Waals surface area (Å²) in [5.41, 5.74) is 0. The van der Waals surface area contributed by atoms with Gasteiger partial charge in [-0.1, -0.05) is 173 Å². The number of ether oxygens (including phenoxy) is 2. The van der Waals surface area contributed by atoms with E-state index in [4.69, 9.17) is 19.3 Å². The van der Waals surface area contributed by atoms with Gasteiger partial charge in [0.15, 0.2) is 11.9 Å². The van der Waals surface area contributed by atoms with E-state index in [0.29, 0.717) is 32.1 Å². The number of hydrogen-bond donors (Lipinski definition) is 3. The van der Waals surface area contributed by atoms with Crippen LogP contribution in [-0.4, -0.2) is 58.0 Å². The van der Waals surface area contributed by atoms with Crippen molar-refractivity contribution in [3.8, 4) is 0 Å². The summed E-state index contributed by atoms with van der Waals surface area (Å²) in [6.45, 7) is 5.78. The number of aliphatic hydroxyl groups excluding tert-OH is 1. The van der Waals surface area contributed by atoms with Gasteiger partial charge in [-0.15, -0.1) is 0 Å². The van der Waals surface area contributed by atoms with Gasteiger partial charge in [0.2, 0.25) is 0 Å². The quantitative estimate of drug-likeness (QED) is 0.0239. The van der Waals surface area contributed by atoms with E-state index in [0.717, 1.165) is 44.4 Å². The normalized spacial score (nSPS) is 17.1. The van der Waals surface area contributed by atoms with Crippen LogP contribution in [0, 0.1) is 17.8 Å². The molecule has 10 nitrogen and oxygen atoms in total. The van der Waals surface area contributed by atoms with Crippen molar-refractivity contribution in [2.24, 2.45) is 17.8 Å². The third kappa shape index (κ3) is 31.0. The molecule has 0 unspecified atom stereocenters. The van der Waals surface area contributed by atoms with Crippen LogP contribution in [-0.2, 0) is 32.9 Å². The first-order chi connectivity index (χ1) is 26.9. The molecule has 11 heteroatoms. The summed E-state index contributed by atoms with van der Waals surface area (Å²) in [5.74, 6) is -0.434. The van der Waals surface area contributed by atoms with Crippen LogP contribution in [0.25, 0.3) is 0 Å². The molecule has 0 aliphatic heterocycles. The minimum absolute atomic E-state index is 0.0172. The smallest absolute Gasteiger partial charge is 0.462 e. The molecule has 0 radical (unpaired) electrons. The molecule has 1 aliphatic rings. The zero-order chi connectivity index (χ0) is 41.3. The number of phosphoric acid groups is 1. The van der Waals surface area contributed by atoms with E-state index >= 15 is 0 Å². The first kappa shape index (κ1) is 51.9. The first-order valence-corrected chi connectivity index (χ1v) is 23.7. The molecule has 0 saturated heterocycles. The lowest BCUT2D eigenvalue weighted by atomic mass is 9.90. The fourth-order valence-electron chi connectivity index (χ4n) is 6.90. The summed E-state index contributed by atoms with van der Waals surface area (Å²) in [6.07, 6.45) is 36.4. The second kappa shape index (κ2) is 33.8. The van der Waals surface area contributed by atoms with Gasteiger partial charge in [0.1, 0.15) is 6.61 Å². The highest BCUT2D eigenvalue weighted by molar-refractivity contribution is 7.46. The van der Waals surface area contributed by atoms with Crippen LogP contribution in [0.2, 0.25) is 0 Å². The average Bonchev–Trinajstić information content (AvgIpc) is 3.50. The van der Waals surface area contributed by atoms with Crippen LogP contribution >= 0.6 is 7.82 Å². The molecule has 0 spiro atoms. The van der Waals surface area contributed by atoms with Crippen LogP contribution in [0.1, 0.15) is 188 Å². The number of rotatable bonds is 37. The summed E-state index contributed by atoms with van der Waals surface area (Å²) in [6, 6.07) is 0. The molecule has 3 N–H and O–H groups in total. The van der Waals surface area contributed by atoms with Crippen molar-refractivity contribution < 1.29 is 47.8 Å². The maximum atomic E-state index is 12.5. The molecule has 4 atom stereocenters. The van der Waals surface area contributed by atoms with Gasteiger partial charge in [0, 0.05) is 18.8 Å². The highest BCUT2D eigenvalue weighted by Gasteiger charge is 2.27. The Hall–Kier alpha value is -2.10. The largest absolute Gasteiger partial charge is 0.469 e. The summed E-state index contributed by atoms with van der Waals surface area (Å²) < 4.78 is 26.4. The van der Waals surface area contributed by atoms with Crippen molar-refractivity contribution in [3.05, 3.63) is 36.5 Å². The van der Waals surface area contributed by atoms with Crippen molar-refractivity contribution in [1.29, 1.82) is 0 Å². The Morgan fingerprint density at radius 2 is 1.30 bits per heavy atom. The summed E-state index contributed by atoms with van der Waals surface area (Å²) >= 11 is 0. The minimum Gasteiger partial charge on any atom is -0.462 e. The predicted octanol–water partition coefficient (Wildman–Crippen LogP) is 11.2. The van der Waals surface area contributed by atoms with Crippen molar-refractivity contribution in [3.63, 3.8) is 0 Å². The van der Waals surface area contributed by atoms with Gasteiger partial charge < -0.3 is 24.4 Å². The Bertz CT molecular complexity index is 1160. The van der Waals surface area contributed by atoms with Crippen molar-refractivity contribution in [2.45, 2.75) is 200 Å². The number of carbonyl (C=O) groups excluding carboxylic acids is 3. The lowest BCUT2D eigenvalue weighted by Crippen LogP contribution is -2.29. The topological polar surface area (TPSA) is 157 Å². The second-order valence-electron chi connectivity index (χ2n) is 16.2. The standard InChI is InChI=1S/C45H79O10P/c1-4-5-22-29-40(46)33-34-42-39(32-35-43(42)47)28-24-20-21-26-31-45(49)55-41(37-54-56(50,51)52)36-53-44(48)30-25-19-17-15-13-11-9-7-6-8-10-12-14-16-18-23-27-38(2)3/h20,24,32-35,38-42,46H,4-19,21-23,25-31,36-37H2,1-3H3,(H2,50,51,52)/b24-20-,34-33+/t39-,40-,41+,42+/m0/s1. The zero-order valence-electron chi connectivity index (χ0n) is 35.3. The Labute approximate surface area is 339 Å². The Balaban J connectivity index is 2.19. The van der Waals surface area contributed by atoms with Crippen LogP contribution in [0.4, 0.5) is 0 Å². The van der Waals surface area contributed by atoms with E-state index in [2.05, 4.69) is 25.3 Å². The van der Waals surface area contributed by atoms with Crippen LogP contribution in [0.3, 0.4) is 0 Å². The maximum Gasteiger partial charge on any atom is 0.469 e.